The Hall–Kier alpha value is -6.41. The third-order valence-electron chi connectivity index (χ3n) is 10.9. The second-order valence-electron chi connectivity index (χ2n) is 14.9. The van der Waals surface area contributed by atoms with Crippen molar-refractivity contribution in [3.8, 4) is 28.6 Å². The number of nitriles is 1. The predicted octanol–water partition coefficient (Wildman–Crippen LogP) is 5.87. The SMILES string of the molecule is Cc1cn2nc(-c3cc(F)c4cc(C5CCNCC5)nnc4c3)cc(C#N)c2n1.Cc1cn2nc(-c3cc(F)c4cc(C5CCNCC5)nnc4c3)cc(CO)c2n1. The van der Waals surface area contributed by atoms with Gasteiger partial charge < -0.3 is 15.7 Å². The van der Waals surface area contributed by atoms with Crippen LogP contribution in [0.5, 0.6) is 0 Å². The summed E-state index contributed by atoms with van der Waals surface area (Å²) in [5.41, 5.74) is 8.47. The van der Waals surface area contributed by atoms with Crippen LogP contribution < -0.4 is 10.6 Å². The highest BCUT2D eigenvalue weighted by molar-refractivity contribution is 5.85. The third kappa shape index (κ3) is 7.19. The third-order valence-corrected chi connectivity index (χ3v) is 10.9. The summed E-state index contributed by atoms with van der Waals surface area (Å²) in [6.45, 7) is 7.29. The van der Waals surface area contributed by atoms with Crippen molar-refractivity contribution in [2.24, 2.45) is 0 Å². The summed E-state index contributed by atoms with van der Waals surface area (Å²) < 4.78 is 33.2. The maximum atomic E-state index is 15.0. The number of benzene rings is 2. The molecule has 8 aromatic rings. The van der Waals surface area contributed by atoms with Gasteiger partial charge in [0.15, 0.2) is 11.3 Å². The first kappa shape index (κ1) is 37.2. The molecule has 14 nitrogen and oxygen atoms in total. The maximum absolute atomic E-state index is 15.0. The Labute approximate surface area is 331 Å². The number of fused-ring (bicyclic) bond motifs is 4. The molecule has 2 aliphatic rings. The molecule has 0 amide bonds. The zero-order valence-corrected chi connectivity index (χ0v) is 31.9. The maximum Gasteiger partial charge on any atom is 0.171 e. The number of piperidine rings is 2. The van der Waals surface area contributed by atoms with E-state index in [0.29, 0.717) is 78.6 Å². The van der Waals surface area contributed by atoms with Crippen molar-refractivity contribution >= 4 is 33.1 Å². The Morgan fingerprint density at radius 2 is 1.16 bits per heavy atom. The van der Waals surface area contributed by atoms with E-state index in [2.05, 4.69) is 57.3 Å². The van der Waals surface area contributed by atoms with Gasteiger partial charge in [-0.2, -0.15) is 35.9 Å². The average molecular weight is 780 g/mol. The first-order valence-electron chi connectivity index (χ1n) is 19.3. The highest BCUT2D eigenvalue weighted by Crippen LogP contribution is 2.32. The van der Waals surface area contributed by atoms with Crippen LogP contribution in [0.2, 0.25) is 0 Å². The van der Waals surface area contributed by atoms with Crippen LogP contribution in [0, 0.1) is 36.8 Å². The van der Waals surface area contributed by atoms with Gasteiger partial charge in [-0.3, -0.25) is 0 Å². The lowest BCUT2D eigenvalue weighted by Gasteiger charge is -2.21. The van der Waals surface area contributed by atoms with E-state index in [9.17, 15) is 14.8 Å². The van der Waals surface area contributed by atoms with Gasteiger partial charge in [-0.25, -0.2) is 27.8 Å². The highest BCUT2D eigenvalue weighted by atomic mass is 19.1. The number of nitrogens with zero attached hydrogens (tertiary/aromatic N) is 11. The van der Waals surface area contributed by atoms with Crippen LogP contribution in [0.25, 0.3) is 55.6 Å². The molecule has 2 aliphatic heterocycles. The number of hydrogen-bond acceptors (Lipinski definition) is 12. The number of aliphatic hydroxyl groups excluding tert-OH is 1. The lowest BCUT2D eigenvalue weighted by atomic mass is 9.93. The van der Waals surface area contributed by atoms with Gasteiger partial charge in [-0.15, -0.1) is 0 Å². The molecule has 10 rings (SSSR count). The van der Waals surface area contributed by atoms with Crippen molar-refractivity contribution in [3.63, 3.8) is 0 Å². The van der Waals surface area contributed by atoms with Crippen LogP contribution >= 0.6 is 0 Å². The van der Waals surface area contributed by atoms with Gasteiger partial charge in [-0.1, -0.05) is 0 Å². The van der Waals surface area contributed by atoms with E-state index < -0.39 is 0 Å². The molecule has 2 saturated heterocycles. The minimum Gasteiger partial charge on any atom is -0.392 e. The van der Waals surface area contributed by atoms with Gasteiger partial charge in [0.1, 0.15) is 17.7 Å². The van der Waals surface area contributed by atoms with Gasteiger partial charge in [0.25, 0.3) is 0 Å². The molecule has 0 spiro atoms. The van der Waals surface area contributed by atoms with Gasteiger partial charge >= 0.3 is 0 Å². The fraction of sp³-hybridized carbons (Fsp3) is 0.310. The molecule has 0 radical (unpaired) electrons. The number of rotatable bonds is 5. The zero-order valence-electron chi connectivity index (χ0n) is 31.9. The van der Waals surface area contributed by atoms with Crippen molar-refractivity contribution in [1.82, 2.24) is 60.2 Å². The normalized spacial score (nSPS) is 15.2. The number of imidazole rings is 2. The predicted molar refractivity (Wildman–Crippen MR) is 213 cm³/mol. The minimum atomic E-state index is -0.371. The molecular formula is C42H39F2N13O. The number of aromatic nitrogens is 10. The smallest absolute Gasteiger partial charge is 0.171 e. The first-order valence-corrected chi connectivity index (χ1v) is 19.3. The number of aliphatic hydroxyl groups is 1. The molecule has 2 aromatic carbocycles. The van der Waals surface area contributed by atoms with Gasteiger partial charge in [0.2, 0.25) is 0 Å². The lowest BCUT2D eigenvalue weighted by Crippen LogP contribution is -2.27. The average Bonchev–Trinajstić information content (AvgIpc) is 3.84. The molecule has 0 atom stereocenters. The van der Waals surface area contributed by atoms with E-state index in [1.165, 1.54) is 12.1 Å². The van der Waals surface area contributed by atoms with Crippen molar-refractivity contribution in [1.29, 1.82) is 5.26 Å². The number of aryl methyl sites for hydroxylation is 2. The van der Waals surface area contributed by atoms with Crippen molar-refractivity contribution in [2.45, 2.75) is 58.0 Å². The largest absolute Gasteiger partial charge is 0.392 e. The molecule has 3 N–H and O–H groups in total. The second-order valence-corrected chi connectivity index (χ2v) is 14.9. The number of nitrogens with one attached hydrogen (secondary N) is 2. The molecule has 0 saturated carbocycles. The molecule has 16 heteroatoms. The summed E-state index contributed by atoms with van der Waals surface area (Å²) >= 11 is 0. The monoisotopic (exact) mass is 779 g/mol. The minimum absolute atomic E-state index is 0.176. The summed E-state index contributed by atoms with van der Waals surface area (Å²) in [7, 11) is 0. The fourth-order valence-electron chi connectivity index (χ4n) is 7.89. The molecule has 0 aliphatic carbocycles. The second kappa shape index (κ2) is 15.5. The first-order chi connectivity index (χ1) is 28.2. The summed E-state index contributed by atoms with van der Waals surface area (Å²) in [4.78, 5) is 8.70. The van der Waals surface area contributed by atoms with E-state index >= 15 is 4.39 Å². The summed E-state index contributed by atoms with van der Waals surface area (Å²) in [6, 6.07) is 15.6. The lowest BCUT2D eigenvalue weighted by molar-refractivity contribution is 0.282. The van der Waals surface area contributed by atoms with Gasteiger partial charge in [0, 0.05) is 39.3 Å². The van der Waals surface area contributed by atoms with Crippen LogP contribution in [0.3, 0.4) is 0 Å². The Morgan fingerprint density at radius 3 is 1.66 bits per heavy atom. The highest BCUT2D eigenvalue weighted by Gasteiger charge is 2.21. The van der Waals surface area contributed by atoms with Gasteiger partial charge in [0.05, 0.1) is 69.8 Å². The molecule has 6 aromatic heterocycles. The fourth-order valence-corrected chi connectivity index (χ4v) is 7.89. The van der Waals surface area contributed by atoms with Crippen molar-refractivity contribution < 1.29 is 13.9 Å². The molecule has 2 fully saturated rings. The topological polar surface area (TPSA) is 180 Å². The van der Waals surface area contributed by atoms with E-state index in [4.69, 9.17) is 0 Å². The Bertz CT molecular complexity index is 2890. The van der Waals surface area contributed by atoms with Crippen molar-refractivity contribution in [2.75, 3.05) is 26.2 Å². The Kier molecular flexibility index (Phi) is 9.94. The van der Waals surface area contributed by atoms with Crippen molar-refractivity contribution in [3.05, 3.63) is 106 Å². The van der Waals surface area contributed by atoms with Crippen LogP contribution in [0.4, 0.5) is 8.78 Å². The Balaban J connectivity index is 0.000000150. The molecule has 0 unspecified atom stereocenters. The molecule has 58 heavy (non-hydrogen) atoms. The van der Waals surface area contributed by atoms with E-state index in [1.807, 2.05) is 26.0 Å². The quantitative estimate of drug-likeness (QED) is 0.189. The van der Waals surface area contributed by atoms with Crippen LogP contribution in [-0.4, -0.2) is 80.9 Å². The van der Waals surface area contributed by atoms with E-state index in [1.54, 1.807) is 45.7 Å². The van der Waals surface area contributed by atoms with E-state index in [-0.39, 0.29) is 18.2 Å². The summed E-state index contributed by atoms with van der Waals surface area (Å²) in [5, 5.41) is 53.1. The Morgan fingerprint density at radius 1 is 0.672 bits per heavy atom. The van der Waals surface area contributed by atoms with Crippen LogP contribution in [0.1, 0.15) is 71.4 Å². The number of halogens is 2. The molecule has 292 valence electrons. The number of hydrogen-bond donors (Lipinski definition) is 3. The molecule has 8 heterocycles. The summed E-state index contributed by atoms with van der Waals surface area (Å²) in [6.07, 6.45) is 7.44. The summed E-state index contributed by atoms with van der Waals surface area (Å²) in [5.74, 6) is -0.103. The standard InChI is InChI=1S/C21H18FN7.C21H21FN6O/c1-12-11-29-21(25-12)15(10-23)8-19(28-29)14-6-17(22)16-9-18(26-27-20(16)7-14)13-2-4-24-5-3-13;1-12-10-28-21(24-12)15(11-29)8-19(27-28)14-6-17(22)16-9-18(25-26-20(16)7-14)13-2-4-23-5-3-13/h6-9,11,13,24H,2-5H2,1H3;6-10,13,23,29H,2-5,11H2,1H3. The van der Waals surface area contributed by atoms with E-state index in [0.717, 1.165) is 74.6 Å². The van der Waals surface area contributed by atoms with Gasteiger partial charge in [-0.05, 0) is 114 Å². The van der Waals surface area contributed by atoms with Crippen LogP contribution in [-0.2, 0) is 6.61 Å². The van der Waals surface area contributed by atoms with Crippen LogP contribution in [0.15, 0.2) is 60.9 Å². The molecular weight excluding hydrogens is 741 g/mol. The molecule has 0 bridgehead atoms. The zero-order chi connectivity index (χ0) is 39.9.